The van der Waals surface area contributed by atoms with Crippen LogP contribution in [-0.2, 0) is 66.7 Å². The second kappa shape index (κ2) is 45.9. The molecular formula is C41H74N6O14S2. The summed E-state index contributed by atoms with van der Waals surface area (Å²) in [5.41, 5.74) is 0. The molecule has 22 heteroatoms. The number of carbonyl (C=O) groups excluding carboxylic acids is 4. The van der Waals surface area contributed by atoms with Gasteiger partial charge in [0.05, 0.1) is 119 Å². The van der Waals surface area contributed by atoms with E-state index in [0.29, 0.717) is 132 Å². The Morgan fingerprint density at radius 2 is 0.857 bits per heavy atom. The minimum Gasteiger partial charge on any atom is -0.379 e. The maximum Gasteiger partial charge on any atom is 0.222 e. The molecule has 0 aliphatic rings. The first kappa shape index (κ1) is 58.3. The number of hydrogen-bond donors (Lipinski definition) is 5. The normalized spacial score (nSPS) is 11.1. The Kier molecular flexibility index (Phi) is 42.5. The van der Waals surface area contributed by atoms with E-state index in [1.165, 1.54) is 0 Å². The van der Waals surface area contributed by atoms with E-state index in [1.807, 2.05) is 30.3 Å². The zero-order valence-electron chi connectivity index (χ0n) is 36.9. The highest BCUT2D eigenvalue weighted by molar-refractivity contribution is 8.76. The van der Waals surface area contributed by atoms with Gasteiger partial charge in [-0.15, -0.1) is 0 Å². The summed E-state index contributed by atoms with van der Waals surface area (Å²) in [7, 11) is 3.31. The second-order valence-corrected chi connectivity index (χ2v) is 15.8. The van der Waals surface area contributed by atoms with Gasteiger partial charge in [-0.05, 0) is 25.0 Å². The van der Waals surface area contributed by atoms with Gasteiger partial charge in [0.25, 0.3) is 0 Å². The Morgan fingerprint density at radius 1 is 0.460 bits per heavy atom. The number of nitrogens with one attached hydrogen (secondary N) is 3. The van der Waals surface area contributed by atoms with Crippen LogP contribution in [0.3, 0.4) is 0 Å². The van der Waals surface area contributed by atoms with Gasteiger partial charge in [-0.25, -0.2) is 11.8 Å². The summed E-state index contributed by atoms with van der Waals surface area (Å²) in [5.74, 6) is 10.1. The van der Waals surface area contributed by atoms with Crippen LogP contribution in [0.4, 0.5) is 0 Å². The Balaban J connectivity index is 2.28. The molecule has 1 rings (SSSR count). The molecule has 0 saturated carbocycles. The molecular weight excluding hydrogens is 865 g/mol. The number of amides is 4. The minimum atomic E-state index is -0.198. The fourth-order valence-electron chi connectivity index (χ4n) is 5.04. The third kappa shape index (κ3) is 40.6. The van der Waals surface area contributed by atoms with Gasteiger partial charge in [0, 0.05) is 69.1 Å². The topological polar surface area (TPSA) is 252 Å². The highest BCUT2D eigenvalue weighted by atomic mass is 33.1. The van der Waals surface area contributed by atoms with Crippen molar-refractivity contribution in [3.05, 3.63) is 30.3 Å². The number of carbonyl (C=O) groups is 4. The molecule has 364 valence electrons. The van der Waals surface area contributed by atoms with E-state index in [9.17, 15) is 19.2 Å². The Morgan fingerprint density at radius 3 is 1.30 bits per heavy atom. The first-order valence-electron chi connectivity index (χ1n) is 21.6. The Hall–Kier alpha value is -2.68. The third-order valence-corrected chi connectivity index (χ3v) is 10.7. The molecule has 1 aromatic carbocycles. The lowest BCUT2D eigenvalue weighted by molar-refractivity contribution is -0.132. The van der Waals surface area contributed by atoms with Gasteiger partial charge >= 0.3 is 0 Å². The molecule has 0 aromatic heterocycles. The number of unbranched alkanes of at least 4 members (excludes halogenated alkanes) is 2. The summed E-state index contributed by atoms with van der Waals surface area (Å²) >= 11 is 0. The predicted octanol–water partition coefficient (Wildman–Crippen LogP) is 1.25. The Labute approximate surface area is 381 Å². The lowest BCUT2D eigenvalue weighted by Crippen LogP contribution is -2.42. The molecule has 0 aliphatic heterocycles. The molecule has 7 N–H and O–H groups in total. The monoisotopic (exact) mass is 938 g/mol. The molecule has 0 unspecified atom stereocenters. The zero-order valence-corrected chi connectivity index (χ0v) is 38.6. The molecule has 1 aromatic rings. The van der Waals surface area contributed by atoms with Crippen LogP contribution in [0.15, 0.2) is 35.2 Å². The average molecular weight is 939 g/mol. The summed E-state index contributed by atoms with van der Waals surface area (Å²) in [6, 6.07) is 10.0. The van der Waals surface area contributed by atoms with Crippen molar-refractivity contribution in [3.8, 4) is 0 Å². The van der Waals surface area contributed by atoms with Gasteiger partial charge in [-0.1, -0.05) is 46.2 Å². The van der Waals surface area contributed by atoms with E-state index in [-0.39, 0.29) is 75.9 Å². The third-order valence-electron chi connectivity index (χ3n) is 8.33. The first-order valence-corrected chi connectivity index (χ1v) is 24.0. The van der Waals surface area contributed by atoms with Crippen molar-refractivity contribution >= 4 is 45.2 Å². The predicted molar refractivity (Wildman–Crippen MR) is 240 cm³/mol. The largest absolute Gasteiger partial charge is 0.379 e. The lowest BCUT2D eigenvalue weighted by atomic mass is 10.1. The summed E-state index contributed by atoms with van der Waals surface area (Å²) in [6.07, 6.45) is 3.26. The summed E-state index contributed by atoms with van der Waals surface area (Å²) < 4.78 is 43.2. The maximum atomic E-state index is 13.2. The van der Waals surface area contributed by atoms with Crippen LogP contribution in [0, 0.1) is 0 Å². The minimum absolute atomic E-state index is 0.0147. The number of nitrogens with zero attached hydrogens (tertiary/aromatic N) is 1. The van der Waals surface area contributed by atoms with Gasteiger partial charge in [-0.3, -0.25) is 19.2 Å². The smallest absolute Gasteiger partial charge is 0.222 e. The molecule has 0 bridgehead atoms. The van der Waals surface area contributed by atoms with E-state index >= 15 is 0 Å². The second-order valence-electron chi connectivity index (χ2n) is 13.4. The van der Waals surface area contributed by atoms with Crippen LogP contribution in [-0.4, -0.2) is 186 Å². The SMILES string of the molecule is NOCCOCCOCCOCCOCCC(=O)NCCN(CCNC(=O)CCOCCOCCOCCOCCON)C(=O)CCCCCNC(=O)CCSSc1ccccc1. The van der Waals surface area contributed by atoms with Crippen molar-refractivity contribution < 1.29 is 66.7 Å². The molecule has 0 fully saturated rings. The maximum absolute atomic E-state index is 13.2. The quantitative estimate of drug-likeness (QED) is 0.0350. The van der Waals surface area contributed by atoms with Crippen molar-refractivity contribution in [2.75, 3.05) is 157 Å². The van der Waals surface area contributed by atoms with E-state index in [4.69, 9.17) is 49.7 Å². The van der Waals surface area contributed by atoms with Gasteiger partial charge in [0.15, 0.2) is 0 Å². The van der Waals surface area contributed by atoms with Crippen molar-refractivity contribution in [1.29, 1.82) is 0 Å². The fraction of sp³-hybridized carbons (Fsp3) is 0.756. The zero-order chi connectivity index (χ0) is 45.5. The van der Waals surface area contributed by atoms with Gasteiger partial charge in [0.2, 0.25) is 23.6 Å². The number of hydrogen-bond acceptors (Lipinski definition) is 18. The van der Waals surface area contributed by atoms with Crippen LogP contribution in [0.25, 0.3) is 0 Å². The number of nitrogens with two attached hydrogens (primary N) is 2. The highest BCUT2D eigenvalue weighted by Crippen LogP contribution is 2.30. The molecule has 20 nitrogen and oxygen atoms in total. The van der Waals surface area contributed by atoms with Crippen LogP contribution in [0.2, 0.25) is 0 Å². The van der Waals surface area contributed by atoms with Gasteiger partial charge in [0.1, 0.15) is 0 Å². The van der Waals surface area contributed by atoms with E-state index in [2.05, 4.69) is 25.6 Å². The average Bonchev–Trinajstić information content (AvgIpc) is 3.29. The van der Waals surface area contributed by atoms with Crippen molar-refractivity contribution in [1.82, 2.24) is 20.9 Å². The molecule has 0 radical (unpaired) electrons. The van der Waals surface area contributed by atoms with E-state index in [1.54, 1.807) is 26.5 Å². The summed E-state index contributed by atoms with van der Waals surface area (Å²) in [5, 5.41) is 8.65. The van der Waals surface area contributed by atoms with Crippen LogP contribution < -0.4 is 27.7 Å². The highest BCUT2D eigenvalue weighted by Gasteiger charge is 2.14. The van der Waals surface area contributed by atoms with E-state index in [0.717, 1.165) is 23.5 Å². The standard InChI is InChI=1S/C41H74N6O14S2/c42-60-34-32-58-30-28-56-26-24-54-22-20-52-18-10-38(48)45-14-16-47(17-15-46-39(49)11-19-53-21-23-55-25-27-57-29-31-59-33-35-61-43)41(51)9-5-2-6-13-44-40(50)12-36-62-63-37-7-3-1-4-8-37/h1,3-4,7-8H,2,5-6,9-36,42-43H2,(H,44,50)(H,45,48)(H,46,49). The fourth-order valence-corrected chi connectivity index (χ4v) is 7.04. The van der Waals surface area contributed by atoms with Crippen LogP contribution in [0.1, 0.15) is 44.9 Å². The van der Waals surface area contributed by atoms with Crippen molar-refractivity contribution in [2.45, 2.75) is 49.8 Å². The Bertz CT molecular complexity index is 1190. The molecule has 63 heavy (non-hydrogen) atoms. The van der Waals surface area contributed by atoms with E-state index < -0.39 is 0 Å². The van der Waals surface area contributed by atoms with Gasteiger partial charge < -0.3 is 68.4 Å². The molecule has 0 spiro atoms. The number of ether oxygens (including phenoxy) is 8. The molecule has 4 amide bonds. The number of benzene rings is 1. The van der Waals surface area contributed by atoms with Crippen LogP contribution in [0.5, 0.6) is 0 Å². The molecule has 0 aliphatic carbocycles. The van der Waals surface area contributed by atoms with Crippen LogP contribution >= 0.6 is 21.6 Å². The molecule has 0 saturated heterocycles. The summed E-state index contributed by atoms with van der Waals surface area (Å²) in [6.45, 7) is 8.43. The van der Waals surface area contributed by atoms with Gasteiger partial charge in [-0.2, -0.15) is 0 Å². The molecule has 0 atom stereocenters. The summed E-state index contributed by atoms with van der Waals surface area (Å²) in [4.78, 5) is 62.0. The first-order chi connectivity index (χ1) is 31.0. The lowest BCUT2D eigenvalue weighted by Gasteiger charge is -2.23. The number of rotatable bonds is 47. The molecule has 0 heterocycles. The van der Waals surface area contributed by atoms with Crippen molar-refractivity contribution in [2.24, 2.45) is 11.8 Å². The van der Waals surface area contributed by atoms with Crippen molar-refractivity contribution in [3.63, 3.8) is 0 Å².